The molecule has 0 aromatic carbocycles. The van der Waals surface area contributed by atoms with Crippen molar-refractivity contribution in [3.63, 3.8) is 0 Å². The maximum absolute atomic E-state index is 12.6. The van der Waals surface area contributed by atoms with Crippen molar-refractivity contribution < 1.29 is 4.79 Å². The minimum absolute atomic E-state index is 0. The van der Waals surface area contributed by atoms with Crippen LogP contribution in [-0.2, 0) is 4.79 Å². The second-order valence-electron chi connectivity index (χ2n) is 6.13. The van der Waals surface area contributed by atoms with Crippen molar-refractivity contribution in [1.29, 1.82) is 0 Å². The van der Waals surface area contributed by atoms with Gasteiger partial charge in [-0.25, -0.2) is 0 Å². The number of thioether (sulfide) groups is 1. The van der Waals surface area contributed by atoms with Crippen molar-refractivity contribution in [3.05, 3.63) is 0 Å². The SMILES string of the molecule is Cl.NC1C2CCCC1CC(C(=O)N1CCSCC1)C2. The Morgan fingerprint density at radius 3 is 2.26 bits per heavy atom. The highest BCUT2D eigenvalue weighted by Gasteiger charge is 2.41. The lowest BCUT2D eigenvalue weighted by Gasteiger charge is -2.44. The minimum Gasteiger partial charge on any atom is -0.341 e. The first-order valence-electron chi connectivity index (χ1n) is 7.38. The Hall–Kier alpha value is 0.0700. The van der Waals surface area contributed by atoms with Gasteiger partial charge < -0.3 is 10.6 Å². The molecule has 3 nitrogen and oxygen atoms in total. The van der Waals surface area contributed by atoms with Crippen molar-refractivity contribution in [2.45, 2.75) is 38.1 Å². The molecule has 110 valence electrons. The van der Waals surface area contributed by atoms with E-state index in [0.29, 0.717) is 23.8 Å². The van der Waals surface area contributed by atoms with Crippen LogP contribution >= 0.6 is 24.2 Å². The molecular weight excluding hydrogens is 280 g/mol. The van der Waals surface area contributed by atoms with Crippen LogP contribution in [0.4, 0.5) is 0 Å². The van der Waals surface area contributed by atoms with Crippen molar-refractivity contribution in [1.82, 2.24) is 4.90 Å². The summed E-state index contributed by atoms with van der Waals surface area (Å²) >= 11 is 1.97. The number of hydrogen-bond donors (Lipinski definition) is 1. The minimum atomic E-state index is 0. The fraction of sp³-hybridized carbons (Fsp3) is 0.929. The van der Waals surface area contributed by atoms with Gasteiger partial charge >= 0.3 is 0 Å². The number of carbonyl (C=O) groups excluding carboxylic acids is 1. The number of halogens is 1. The molecule has 3 fully saturated rings. The molecule has 3 aliphatic rings. The fourth-order valence-corrected chi connectivity index (χ4v) is 4.94. The summed E-state index contributed by atoms with van der Waals surface area (Å²) in [6, 6.07) is 0.375. The molecule has 2 saturated carbocycles. The molecule has 1 aliphatic heterocycles. The van der Waals surface area contributed by atoms with Gasteiger partial charge in [-0.3, -0.25) is 4.79 Å². The van der Waals surface area contributed by atoms with Crippen LogP contribution in [0.1, 0.15) is 32.1 Å². The number of fused-ring (bicyclic) bond motifs is 2. The lowest BCUT2D eigenvalue weighted by atomic mass is 9.65. The highest BCUT2D eigenvalue weighted by molar-refractivity contribution is 7.99. The Balaban J connectivity index is 0.00000133. The molecular formula is C14H25ClN2OS. The predicted octanol–water partition coefficient (Wildman–Crippen LogP) is 2.14. The van der Waals surface area contributed by atoms with E-state index >= 15 is 0 Å². The average Bonchev–Trinajstić information content (AvgIpc) is 2.38. The van der Waals surface area contributed by atoms with Crippen LogP contribution in [0.2, 0.25) is 0 Å². The van der Waals surface area contributed by atoms with Crippen molar-refractivity contribution in [2.24, 2.45) is 23.5 Å². The second kappa shape index (κ2) is 6.68. The van der Waals surface area contributed by atoms with Crippen LogP contribution < -0.4 is 5.73 Å². The van der Waals surface area contributed by atoms with E-state index in [9.17, 15) is 4.79 Å². The quantitative estimate of drug-likeness (QED) is 0.807. The zero-order valence-electron chi connectivity index (χ0n) is 11.4. The summed E-state index contributed by atoms with van der Waals surface area (Å²) in [5.41, 5.74) is 6.30. The first kappa shape index (κ1) is 15.5. The first-order chi connectivity index (χ1) is 8.75. The first-order valence-corrected chi connectivity index (χ1v) is 8.53. The number of nitrogens with zero attached hydrogens (tertiary/aromatic N) is 1. The molecule has 5 heteroatoms. The Bertz CT molecular complexity index is 309. The number of hydrogen-bond acceptors (Lipinski definition) is 3. The molecule has 0 radical (unpaired) electrons. The predicted molar refractivity (Wildman–Crippen MR) is 82.7 cm³/mol. The molecule has 0 spiro atoms. The van der Waals surface area contributed by atoms with Gasteiger partial charge in [0.2, 0.25) is 5.91 Å². The fourth-order valence-electron chi connectivity index (χ4n) is 4.03. The maximum atomic E-state index is 12.6. The normalized spacial score (nSPS) is 38.5. The molecule has 2 N–H and O–H groups in total. The van der Waals surface area contributed by atoms with E-state index in [-0.39, 0.29) is 18.3 Å². The summed E-state index contributed by atoms with van der Waals surface area (Å²) in [7, 11) is 0. The highest BCUT2D eigenvalue weighted by atomic mass is 35.5. The Labute approximate surface area is 126 Å². The number of amides is 1. The van der Waals surface area contributed by atoms with Crippen LogP contribution in [0.25, 0.3) is 0 Å². The molecule has 2 unspecified atom stereocenters. The number of nitrogens with two attached hydrogens (primary N) is 1. The van der Waals surface area contributed by atoms with Crippen molar-refractivity contribution in [3.8, 4) is 0 Å². The third-order valence-corrected chi connectivity index (χ3v) is 6.03. The van der Waals surface area contributed by atoms with Gasteiger partial charge in [0.15, 0.2) is 0 Å². The van der Waals surface area contributed by atoms with Crippen LogP contribution in [-0.4, -0.2) is 41.4 Å². The molecule has 2 bridgehead atoms. The summed E-state index contributed by atoms with van der Waals surface area (Å²) in [5, 5.41) is 0. The van der Waals surface area contributed by atoms with Crippen molar-refractivity contribution in [2.75, 3.05) is 24.6 Å². The summed E-state index contributed by atoms with van der Waals surface area (Å²) < 4.78 is 0. The van der Waals surface area contributed by atoms with Crippen LogP contribution in [0, 0.1) is 17.8 Å². The van der Waals surface area contributed by atoms with Gasteiger partial charge in [0, 0.05) is 36.6 Å². The van der Waals surface area contributed by atoms with E-state index in [0.717, 1.165) is 37.4 Å². The van der Waals surface area contributed by atoms with Crippen LogP contribution in [0.5, 0.6) is 0 Å². The van der Waals surface area contributed by atoms with E-state index in [2.05, 4.69) is 4.90 Å². The third kappa shape index (κ3) is 3.22. The summed E-state index contributed by atoms with van der Waals surface area (Å²) in [5.74, 6) is 4.17. The molecule has 1 saturated heterocycles. The largest absolute Gasteiger partial charge is 0.341 e. The molecule has 2 aliphatic carbocycles. The Morgan fingerprint density at radius 1 is 1.11 bits per heavy atom. The lowest BCUT2D eigenvalue weighted by Crippen LogP contribution is -2.50. The van der Waals surface area contributed by atoms with Gasteiger partial charge in [-0.2, -0.15) is 11.8 Å². The molecule has 1 heterocycles. The van der Waals surface area contributed by atoms with E-state index < -0.39 is 0 Å². The standard InChI is InChI=1S/C14H24N2OS.ClH/c15-13-10-2-1-3-11(13)9-12(8-10)14(17)16-4-6-18-7-5-16;/h10-13H,1-9,15H2;1H. The van der Waals surface area contributed by atoms with E-state index in [1.54, 1.807) is 0 Å². The summed E-state index contributed by atoms with van der Waals surface area (Å²) in [6.07, 6.45) is 5.93. The molecule has 19 heavy (non-hydrogen) atoms. The van der Waals surface area contributed by atoms with Gasteiger partial charge in [0.05, 0.1) is 0 Å². The zero-order chi connectivity index (χ0) is 12.5. The van der Waals surface area contributed by atoms with Gasteiger partial charge in [-0.15, -0.1) is 12.4 Å². The molecule has 0 aromatic rings. The van der Waals surface area contributed by atoms with Crippen LogP contribution in [0.3, 0.4) is 0 Å². The molecule has 1 amide bonds. The number of carbonyl (C=O) groups is 1. The highest BCUT2D eigenvalue weighted by Crippen LogP contribution is 2.42. The van der Waals surface area contributed by atoms with Gasteiger partial charge in [-0.1, -0.05) is 6.42 Å². The lowest BCUT2D eigenvalue weighted by molar-refractivity contribution is -0.138. The summed E-state index contributed by atoms with van der Waals surface area (Å²) in [4.78, 5) is 14.7. The average molecular weight is 305 g/mol. The van der Waals surface area contributed by atoms with Crippen LogP contribution in [0.15, 0.2) is 0 Å². The smallest absolute Gasteiger partial charge is 0.225 e. The Morgan fingerprint density at radius 2 is 1.68 bits per heavy atom. The molecule has 2 atom stereocenters. The van der Waals surface area contributed by atoms with Gasteiger partial charge in [0.1, 0.15) is 0 Å². The van der Waals surface area contributed by atoms with E-state index in [4.69, 9.17) is 5.73 Å². The summed E-state index contributed by atoms with van der Waals surface area (Å²) in [6.45, 7) is 1.92. The van der Waals surface area contributed by atoms with Gasteiger partial charge in [0.25, 0.3) is 0 Å². The number of rotatable bonds is 1. The topological polar surface area (TPSA) is 46.3 Å². The van der Waals surface area contributed by atoms with E-state index in [1.807, 2.05) is 11.8 Å². The van der Waals surface area contributed by atoms with E-state index in [1.165, 1.54) is 19.3 Å². The van der Waals surface area contributed by atoms with Gasteiger partial charge in [-0.05, 0) is 37.5 Å². The molecule has 0 aromatic heterocycles. The second-order valence-corrected chi connectivity index (χ2v) is 7.36. The third-order valence-electron chi connectivity index (χ3n) is 5.09. The zero-order valence-corrected chi connectivity index (χ0v) is 13.1. The monoisotopic (exact) mass is 304 g/mol. The molecule has 3 rings (SSSR count). The maximum Gasteiger partial charge on any atom is 0.225 e. The Kier molecular flexibility index (Phi) is 5.44. The van der Waals surface area contributed by atoms with Crippen molar-refractivity contribution >= 4 is 30.1 Å².